The van der Waals surface area contributed by atoms with Crippen LogP contribution in [0.2, 0.25) is 5.02 Å². The minimum absolute atomic E-state index is 0.0137. The second kappa shape index (κ2) is 4.64. The molecule has 1 aromatic rings. The summed E-state index contributed by atoms with van der Waals surface area (Å²) in [7, 11) is 1.68. The molecular formula is C11H15ClN2O. The average Bonchev–Trinajstić information content (AvgIpc) is 2.14. The van der Waals surface area contributed by atoms with Gasteiger partial charge in [0.25, 0.3) is 0 Å². The van der Waals surface area contributed by atoms with Crippen LogP contribution in [0.5, 0.6) is 0 Å². The molecule has 3 nitrogen and oxygen atoms in total. The predicted octanol–water partition coefficient (Wildman–Crippen LogP) is 1.88. The number of nitrogens with zero attached hydrogens (tertiary/aromatic N) is 1. The molecule has 0 bridgehead atoms. The first-order valence-electron chi connectivity index (χ1n) is 4.70. The lowest BCUT2D eigenvalue weighted by atomic mass is 10.1. The Kier molecular flexibility index (Phi) is 3.72. The number of carbonyl (C=O) groups is 1. The van der Waals surface area contributed by atoms with Crippen LogP contribution in [-0.4, -0.2) is 19.5 Å². The van der Waals surface area contributed by atoms with Crippen molar-refractivity contribution in [1.82, 2.24) is 0 Å². The van der Waals surface area contributed by atoms with Crippen molar-refractivity contribution in [2.45, 2.75) is 13.8 Å². The van der Waals surface area contributed by atoms with Gasteiger partial charge in [-0.3, -0.25) is 4.79 Å². The Bertz CT molecular complexity index is 367. The highest BCUT2D eigenvalue weighted by Gasteiger charge is 2.14. The molecule has 0 aliphatic rings. The van der Waals surface area contributed by atoms with Gasteiger partial charge in [0.15, 0.2) is 0 Å². The van der Waals surface area contributed by atoms with Gasteiger partial charge in [-0.15, -0.1) is 0 Å². The number of nitrogens with two attached hydrogens (primary N) is 1. The summed E-state index contributed by atoms with van der Waals surface area (Å²) in [5, 5.41) is 0.580. The minimum atomic E-state index is -0.149. The molecule has 1 amide bonds. The van der Waals surface area contributed by atoms with Gasteiger partial charge in [-0.2, -0.15) is 0 Å². The molecular weight excluding hydrogens is 212 g/mol. The van der Waals surface area contributed by atoms with Crippen LogP contribution < -0.4 is 10.6 Å². The molecule has 0 radical (unpaired) electrons. The van der Waals surface area contributed by atoms with E-state index in [-0.39, 0.29) is 12.5 Å². The number of carbonyl (C=O) groups excluding carboxylic acids is 1. The zero-order valence-corrected chi connectivity index (χ0v) is 9.93. The van der Waals surface area contributed by atoms with Crippen LogP contribution in [0.4, 0.5) is 5.69 Å². The van der Waals surface area contributed by atoms with E-state index in [0.717, 1.165) is 16.8 Å². The Hall–Kier alpha value is -1.06. The normalized spacial score (nSPS) is 10.2. The first-order valence-corrected chi connectivity index (χ1v) is 5.08. The number of hydrogen-bond donors (Lipinski definition) is 1. The molecule has 0 aromatic heterocycles. The van der Waals surface area contributed by atoms with Gasteiger partial charge in [0.2, 0.25) is 5.91 Å². The van der Waals surface area contributed by atoms with Crippen LogP contribution in [0.15, 0.2) is 12.1 Å². The average molecular weight is 227 g/mol. The molecule has 0 unspecified atom stereocenters. The Morgan fingerprint density at radius 2 is 2.07 bits per heavy atom. The monoisotopic (exact) mass is 226 g/mol. The molecule has 0 atom stereocenters. The Morgan fingerprint density at radius 1 is 1.47 bits per heavy atom. The minimum Gasteiger partial charge on any atom is -0.322 e. The van der Waals surface area contributed by atoms with Crippen LogP contribution in [0.3, 0.4) is 0 Å². The van der Waals surface area contributed by atoms with Crippen molar-refractivity contribution in [1.29, 1.82) is 0 Å². The summed E-state index contributed by atoms with van der Waals surface area (Å²) in [5.74, 6) is -0.149. The quantitative estimate of drug-likeness (QED) is 0.837. The molecule has 1 aromatic carbocycles. The van der Waals surface area contributed by atoms with Gasteiger partial charge in [-0.1, -0.05) is 17.7 Å². The lowest BCUT2D eigenvalue weighted by Gasteiger charge is -2.20. The standard InChI is InChI=1S/C11H15ClN2O/c1-7-4-8(2)11(9(12)5-7)14(3)10(15)6-13/h4-5H,6,13H2,1-3H3. The van der Waals surface area contributed by atoms with E-state index < -0.39 is 0 Å². The second-order valence-electron chi connectivity index (χ2n) is 3.57. The molecule has 15 heavy (non-hydrogen) atoms. The van der Waals surface area contributed by atoms with Gasteiger partial charge >= 0.3 is 0 Å². The predicted molar refractivity (Wildman–Crippen MR) is 63.4 cm³/mol. The van der Waals surface area contributed by atoms with Crippen LogP contribution in [0, 0.1) is 13.8 Å². The van der Waals surface area contributed by atoms with Crippen molar-refractivity contribution in [3.63, 3.8) is 0 Å². The summed E-state index contributed by atoms with van der Waals surface area (Å²) in [6, 6.07) is 3.83. The number of rotatable bonds is 2. The summed E-state index contributed by atoms with van der Waals surface area (Å²) in [4.78, 5) is 12.9. The van der Waals surface area contributed by atoms with E-state index in [1.54, 1.807) is 7.05 Å². The van der Waals surface area contributed by atoms with Crippen LogP contribution in [0.25, 0.3) is 0 Å². The van der Waals surface area contributed by atoms with Crippen molar-refractivity contribution in [2.24, 2.45) is 5.73 Å². The number of aryl methyl sites for hydroxylation is 2. The van der Waals surface area contributed by atoms with Gasteiger partial charge in [-0.25, -0.2) is 0 Å². The second-order valence-corrected chi connectivity index (χ2v) is 3.98. The summed E-state index contributed by atoms with van der Waals surface area (Å²) in [5.41, 5.74) is 8.09. The Morgan fingerprint density at radius 3 is 2.53 bits per heavy atom. The zero-order valence-electron chi connectivity index (χ0n) is 9.17. The Labute approximate surface area is 94.8 Å². The maximum Gasteiger partial charge on any atom is 0.240 e. The van der Waals surface area contributed by atoms with Crippen LogP contribution in [0.1, 0.15) is 11.1 Å². The van der Waals surface area contributed by atoms with Gasteiger partial charge < -0.3 is 10.6 Å². The lowest BCUT2D eigenvalue weighted by Crippen LogP contribution is -2.33. The molecule has 0 saturated carbocycles. The maximum absolute atomic E-state index is 11.4. The van der Waals surface area contributed by atoms with Crippen molar-refractivity contribution in [2.75, 3.05) is 18.5 Å². The molecule has 1 rings (SSSR count). The van der Waals surface area contributed by atoms with Crippen molar-refractivity contribution < 1.29 is 4.79 Å². The molecule has 0 aliphatic heterocycles. The first kappa shape index (κ1) is 12.0. The van der Waals surface area contributed by atoms with Crippen molar-refractivity contribution in [3.05, 3.63) is 28.3 Å². The van der Waals surface area contributed by atoms with E-state index in [1.807, 2.05) is 26.0 Å². The third kappa shape index (κ3) is 2.49. The SMILES string of the molecule is Cc1cc(C)c(N(C)C(=O)CN)c(Cl)c1. The van der Waals surface area contributed by atoms with E-state index in [1.165, 1.54) is 4.90 Å². The fourth-order valence-electron chi connectivity index (χ4n) is 1.59. The maximum atomic E-state index is 11.4. The summed E-state index contributed by atoms with van der Waals surface area (Å²) in [6.07, 6.45) is 0. The topological polar surface area (TPSA) is 46.3 Å². The van der Waals surface area contributed by atoms with Crippen molar-refractivity contribution >= 4 is 23.2 Å². The Balaban J connectivity index is 3.19. The van der Waals surface area contributed by atoms with Crippen LogP contribution in [-0.2, 0) is 4.79 Å². The first-order chi connectivity index (χ1) is 6.97. The van der Waals surface area contributed by atoms with Gasteiger partial charge in [0.1, 0.15) is 0 Å². The smallest absolute Gasteiger partial charge is 0.240 e. The largest absolute Gasteiger partial charge is 0.322 e. The number of halogens is 1. The molecule has 0 heterocycles. The molecule has 0 saturated heterocycles. The third-order valence-electron chi connectivity index (χ3n) is 2.28. The summed E-state index contributed by atoms with van der Waals surface area (Å²) >= 11 is 6.10. The van der Waals surface area contributed by atoms with Crippen molar-refractivity contribution in [3.8, 4) is 0 Å². The molecule has 82 valence electrons. The zero-order chi connectivity index (χ0) is 11.6. The van der Waals surface area contributed by atoms with E-state index in [4.69, 9.17) is 17.3 Å². The van der Waals surface area contributed by atoms with E-state index in [2.05, 4.69) is 0 Å². The summed E-state index contributed by atoms with van der Waals surface area (Å²) < 4.78 is 0. The number of amides is 1. The highest BCUT2D eigenvalue weighted by atomic mass is 35.5. The molecule has 0 fully saturated rings. The number of anilines is 1. The molecule has 2 N–H and O–H groups in total. The number of benzene rings is 1. The molecule has 0 spiro atoms. The van der Waals surface area contributed by atoms with Crippen LogP contribution >= 0.6 is 11.6 Å². The van der Waals surface area contributed by atoms with Gasteiger partial charge in [0, 0.05) is 7.05 Å². The van der Waals surface area contributed by atoms with Gasteiger partial charge in [-0.05, 0) is 31.0 Å². The van der Waals surface area contributed by atoms with E-state index in [0.29, 0.717) is 5.02 Å². The summed E-state index contributed by atoms with van der Waals surface area (Å²) in [6.45, 7) is 3.88. The number of hydrogen-bond acceptors (Lipinski definition) is 2. The lowest BCUT2D eigenvalue weighted by molar-refractivity contribution is -0.117. The molecule has 4 heteroatoms. The van der Waals surface area contributed by atoms with E-state index in [9.17, 15) is 4.79 Å². The highest BCUT2D eigenvalue weighted by molar-refractivity contribution is 6.34. The third-order valence-corrected chi connectivity index (χ3v) is 2.57. The molecule has 0 aliphatic carbocycles. The fourth-order valence-corrected chi connectivity index (χ4v) is 2.04. The highest BCUT2D eigenvalue weighted by Crippen LogP contribution is 2.30. The van der Waals surface area contributed by atoms with E-state index >= 15 is 0 Å². The fraction of sp³-hybridized carbons (Fsp3) is 0.364. The number of likely N-dealkylation sites (N-methyl/N-ethyl adjacent to an activating group) is 1. The van der Waals surface area contributed by atoms with Gasteiger partial charge in [0.05, 0.1) is 17.3 Å².